The lowest BCUT2D eigenvalue weighted by Gasteiger charge is -2.72. The van der Waals surface area contributed by atoms with E-state index in [1.165, 1.54) is 63.4 Å². The van der Waals surface area contributed by atoms with Crippen LogP contribution in [0.3, 0.4) is 0 Å². The summed E-state index contributed by atoms with van der Waals surface area (Å²) in [6.45, 7) is 27.5. The number of amides is 1. The normalized spacial score (nSPS) is 49.4. The predicted octanol–water partition coefficient (Wildman–Crippen LogP) is 8.20. The highest BCUT2D eigenvalue weighted by Crippen LogP contribution is 2.77. The summed E-state index contributed by atoms with van der Waals surface area (Å²) in [5.41, 5.74) is 2.90. The minimum absolute atomic E-state index is 0.140. The zero-order valence-corrected chi connectivity index (χ0v) is 26.7. The Morgan fingerprint density at radius 1 is 0.795 bits per heavy atom. The first-order chi connectivity index (χ1) is 18.3. The van der Waals surface area contributed by atoms with Gasteiger partial charge >= 0.3 is 0 Å². The van der Waals surface area contributed by atoms with Crippen molar-refractivity contribution in [2.75, 3.05) is 32.7 Å². The van der Waals surface area contributed by atoms with Gasteiger partial charge in [0.1, 0.15) is 0 Å². The van der Waals surface area contributed by atoms with Crippen molar-refractivity contribution in [1.82, 2.24) is 9.80 Å². The van der Waals surface area contributed by atoms with Gasteiger partial charge in [0.25, 0.3) is 0 Å². The molecule has 6 aliphatic rings. The molecule has 1 aliphatic heterocycles. The van der Waals surface area contributed by atoms with Crippen LogP contribution in [0, 0.1) is 56.7 Å². The molecule has 0 N–H and O–H groups in total. The number of likely N-dealkylation sites (N-methyl/N-ethyl adjacent to an activating group) is 1. The van der Waals surface area contributed by atoms with Crippen LogP contribution in [-0.4, -0.2) is 48.4 Å². The highest BCUT2D eigenvalue weighted by atomic mass is 16.2. The minimum Gasteiger partial charge on any atom is -0.340 e. The van der Waals surface area contributed by atoms with Gasteiger partial charge in [0.2, 0.25) is 5.91 Å². The molecule has 0 aromatic rings. The van der Waals surface area contributed by atoms with Crippen molar-refractivity contribution in [2.45, 2.75) is 119 Å². The fourth-order valence-electron chi connectivity index (χ4n) is 13.2. The number of fused-ring (bicyclic) bond motifs is 7. The Labute approximate surface area is 240 Å². The van der Waals surface area contributed by atoms with Crippen molar-refractivity contribution in [3.63, 3.8) is 0 Å². The molecule has 6 rings (SSSR count). The van der Waals surface area contributed by atoms with E-state index >= 15 is 0 Å². The number of allylic oxidation sites excluding steroid dienone is 1. The van der Waals surface area contributed by atoms with E-state index in [4.69, 9.17) is 0 Å². The second-order valence-corrected chi connectivity index (χ2v) is 16.9. The van der Waals surface area contributed by atoms with E-state index in [1.54, 1.807) is 0 Å². The molecule has 0 aromatic heterocycles. The highest BCUT2D eigenvalue weighted by Gasteiger charge is 2.71. The maximum atomic E-state index is 14.6. The van der Waals surface area contributed by atoms with E-state index in [-0.39, 0.29) is 5.41 Å². The van der Waals surface area contributed by atoms with Crippen LogP contribution in [0.2, 0.25) is 0 Å². The maximum Gasteiger partial charge on any atom is 0.229 e. The molecule has 0 bridgehead atoms. The van der Waals surface area contributed by atoms with Crippen LogP contribution in [0.5, 0.6) is 0 Å². The third kappa shape index (κ3) is 3.79. The van der Waals surface area contributed by atoms with Crippen LogP contribution in [0.4, 0.5) is 0 Å². The molecule has 0 unspecified atom stereocenters. The summed E-state index contributed by atoms with van der Waals surface area (Å²) in [6, 6.07) is 0. The second-order valence-electron chi connectivity index (χ2n) is 16.9. The van der Waals surface area contributed by atoms with Gasteiger partial charge in [-0.15, -0.1) is 0 Å². The SMILES string of the molecule is C=C(C)[C@@H]1CC[C@]2(C(=O)N3CCN(CC)CC3)CC[C@]3(C)[C@H](CC[C@@H]4[C@]5(C)CCCC(C)(C)[C@H]5CC[C@]43C)[C@@H]12. The molecular formula is C36H60N2O. The number of hydrogen-bond acceptors (Lipinski definition) is 2. The van der Waals surface area contributed by atoms with Gasteiger partial charge in [-0.2, -0.15) is 0 Å². The lowest BCUT2D eigenvalue weighted by atomic mass is 9.32. The molecule has 5 aliphatic carbocycles. The summed E-state index contributed by atoms with van der Waals surface area (Å²) in [7, 11) is 0. The number of carbonyl (C=O) groups is 1. The monoisotopic (exact) mass is 536 g/mol. The van der Waals surface area contributed by atoms with Gasteiger partial charge < -0.3 is 9.80 Å². The number of nitrogens with zero attached hydrogens (tertiary/aromatic N) is 2. The molecule has 0 spiro atoms. The van der Waals surface area contributed by atoms with Crippen LogP contribution >= 0.6 is 0 Å². The number of rotatable bonds is 3. The fraction of sp³-hybridized carbons (Fsp3) is 0.917. The van der Waals surface area contributed by atoms with Gasteiger partial charge in [0.05, 0.1) is 5.41 Å². The smallest absolute Gasteiger partial charge is 0.229 e. The van der Waals surface area contributed by atoms with Crippen molar-refractivity contribution in [2.24, 2.45) is 56.7 Å². The molecule has 3 heteroatoms. The van der Waals surface area contributed by atoms with Crippen LogP contribution in [-0.2, 0) is 4.79 Å². The summed E-state index contributed by atoms with van der Waals surface area (Å²) in [4.78, 5) is 19.5. The standard InChI is InChI=1S/C36H60N2O/c1-9-37-21-23-38(24-22-37)31(39)36-18-13-26(25(2)3)30(36)27-11-12-29-33(6)16-10-15-32(4,5)28(33)14-17-35(29,8)34(27,7)19-20-36/h26-30H,2,9-24H2,1,3-8H3/t26-,27+,28+,29+,30+,33+,34+,35+,36-/m0/s1. The Bertz CT molecular complexity index is 994. The Morgan fingerprint density at radius 2 is 1.51 bits per heavy atom. The zero-order valence-electron chi connectivity index (χ0n) is 26.7. The van der Waals surface area contributed by atoms with Crippen LogP contribution in [0.25, 0.3) is 0 Å². The Morgan fingerprint density at radius 3 is 2.18 bits per heavy atom. The Kier molecular flexibility index (Phi) is 6.77. The molecule has 5 saturated carbocycles. The van der Waals surface area contributed by atoms with E-state index < -0.39 is 0 Å². The van der Waals surface area contributed by atoms with Gasteiger partial charge in [-0.3, -0.25) is 4.79 Å². The molecule has 3 nitrogen and oxygen atoms in total. The van der Waals surface area contributed by atoms with Crippen LogP contribution in [0.15, 0.2) is 12.2 Å². The molecule has 1 saturated heterocycles. The largest absolute Gasteiger partial charge is 0.340 e. The first-order valence-corrected chi connectivity index (χ1v) is 17.0. The first kappa shape index (κ1) is 28.3. The number of hydrogen-bond donors (Lipinski definition) is 0. The average Bonchev–Trinajstić information content (AvgIpc) is 3.29. The summed E-state index contributed by atoms with van der Waals surface area (Å²) in [5, 5.41) is 0. The van der Waals surface area contributed by atoms with Gasteiger partial charge in [0.15, 0.2) is 0 Å². The van der Waals surface area contributed by atoms with Gasteiger partial charge in [-0.1, -0.05) is 60.1 Å². The van der Waals surface area contributed by atoms with Crippen molar-refractivity contribution in [3.05, 3.63) is 12.2 Å². The van der Waals surface area contributed by atoms with Crippen LogP contribution in [0.1, 0.15) is 119 Å². The summed E-state index contributed by atoms with van der Waals surface area (Å²) >= 11 is 0. The quantitative estimate of drug-likeness (QED) is 0.339. The highest BCUT2D eigenvalue weighted by molar-refractivity contribution is 5.84. The summed E-state index contributed by atoms with van der Waals surface area (Å²) in [6.07, 6.45) is 14.5. The van der Waals surface area contributed by atoms with Crippen molar-refractivity contribution in [1.29, 1.82) is 0 Å². The Balaban J connectivity index is 1.35. The zero-order chi connectivity index (χ0) is 28.0. The van der Waals surface area contributed by atoms with Crippen molar-refractivity contribution in [3.8, 4) is 0 Å². The molecule has 220 valence electrons. The fourth-order valence-corrected chi connectivity index (χ4v) is 13.2. The van der Waals surface area contributed by atoms with Crippen LogP contribution < -0.4 is 0 Å². The minimum atomic E-state index is -0.140. The summed E-state index contributed by atoms with van der Waals surface area (Å²) < 4.78 is 0. The third-order valence-corrected chi connectivity index (χ3v) is 15.3. The molecule has 9 atom stereocenters. The average molecular weight is 537 g/mol. The van der Waals surface area contributed by atoms with Gasteiger partial charge in [-0.05, 0) is 129 Å². The van der Waals surface area contributed by atoms with Gasteiger partial charge in [-0.25, -0.2) is 0 Å². The van der Waals surface area contributed by atoms with E-state index in [0.29, 0.717) is 45.3 Å². The number of piperazine rings is 1. The molecule has 1 amide bonds. The van der Waals surface area contributed by atoms with Crippen molar-refractivity contribution >= 4 is 5.91 Å². The molecule has 0 radical (unpaired) electrons. The lowest BCUT2D eigenvalue weighted by Crippen LogP contribution is -2.67. The van der Waals surface area contributed by atoms with Gasteiger partial charge in [0, 0.05) is 26.2 Å². The molecular weight excluding hydrogens is 476 g/mol. The molecule has 1 heterocycles. The van der Waals surface area contributed by atoms with E-state index in [1.807, 2.05) is 0 Å². The molecule has 39 heavy (non-hydrogen) atoms. The first-order valence-electron chi connectivity index (χ1n) is 17.0. The maximum absolute atomic E-state index is 14.6. The molecule has 6 fully saturated rings. The van der Waals surface area contributed by atoms with E-state index in [0.717, 1.165) is 57.4 Å². The Hall–Kier alpha value is -0.830. The molecule has 0 aromatic carbocycles. The third-order valence-electron chi connectivity index (χ3n) is 15.3. The van der Waals surface area contributed by atoms with Crippen molar-refractivity contribution < 1.29 is 4.79 Å². The van der Waals surface area contributed by atoms with E-state index in [2.05, 4.69) is 64.8 Å². The second kappa shape index (κ2) is 9.34. The summed E-state index contributed by atoms with van der Waals surface area (Å²) in [5.74, 6) is 3.92. The topological polar surface area (TPSA) is 23.6 Å². The number of carbonyl (C=O) groups excluding carboxylic acids is 1. The predicted molar refractivity (Wildman–Crippen MR) is 162 cm³/mol. The lowest BCUT2D eigenvalue weighted by molar-refractivity contribution is -0.236. The van der Waals surface area contributed by atoms with E-state index in [9.17, 15) is 4.79 Å².